The average molecular weight is 223 g/mol. The maximum atomic E-state index is 13.1. The Bertz CT molecular complexity index is 400. The molecule has 2 rings (SSSR count). The SMILES string of the molecule is COc1ccc(F)cc1C(=O)N1CCCC1. The Labute approximate surface area is 93.8 Å². The topological polar surface area (TPSA) is 29.5 Å². The monoisotopic (exact) mass is 223 g/mol. The first kappa shape index (κ1) is 10.9. The maximum Gasteiger partial charge on any atom is 0.257 e. The first-order valence-electron chi connectivity index (χ1n) is 5.35. The molecule has 16 heavy (non-hydrogen) atoms. The summed E-state index contributed by atoms with van der Waals surface area (Å²) >= 11 is 0. The van der Waals surface area contributed by atoms with Crippen LogP contribution in [0, 0.1) is 5.82 Å². The van der Waals surface area contributed by atoms with Crippen LogP contribution in [0.15, 0.2) is 18.2 Å². The molecule has 1 aliphatic rings. The van der Waals surface area contributed by atoms with Crippen molar-refractivity contribution in [3.63, 3.8) is 0 Å². The Morgan fingerprint density at radius 1 is 1.38 bits per heavy atom. The molecule has 4 heteroatoms. The van der Waals surface area contributed by atoms with Gasteiger partial charge in [0.15, 0.2) is 0 Å². The van der Waals surface area contributed by atoms with E-state index in [1.54, 1.807) is 4.90 Å². The molecule has 1 aromatic carbocycles. The molecule has 0 radical (unpaired) electrons. The number of likely N-dealkylation sites (tertiary alicyclic amines) is 1. The standard InChI is InChI=1S/C12H14FNO2/c1-16-11-5-4-9(13)8-10(11)12(15)14-6-2-3-7-14/h4-5,8H,2-3,6-7H2,1H3. The number of halogens is 1. The van der Waals surface area contributed by atoms with Crippen LogP contribution in [0.2, 0.25) is 0 Å². The molecule has 1 amide bonds. The minimum atomic E-state index is -0.414. The van der Waals surface area contributed by atoms with Gasteiger partial charge >= 0.3 is 0 Å². The van der Waals surface area contributed by atoms with Crippen molar-refractivity contribution >= 4 is 5.91 Å². The van der Waals surface area contributed by atoms with Crippen molar-refractivity contribution in [1.82, 2.24) is 4.90 Å². The number of ether oxygens (including phenoxy) is 1. The molecule has 3 nitrogen and oxygen atoms in total. The molecule has 1 heterocycles. The highest BCUT2D eigenvalue weighted by Gasteiger charge is 2.22. The molecular weight excluding hydrogens is 209 g/mol. The van der Waals surface area contributed by atoms with Crippen molar-refractivity contribution in [2.75, 3.05) is 20.2 Å². The van der Waals surface area contributed by atoms with E-state index in [2.05, 4.69) is 0 Å². The van der Waals surface area contributed by atoms with Crippen molar-refractivity contribution in [3.8, 4) is 5.75 Å². The predicted molar refractivity (Wildman–Crippen MR) is 58.1 cm³/mol. The third-order valence-corrected chi connectivity index (χ3v) is 2.79. The summed E-state index contributed by atoms with van der Waals surface area (Å²) in [7, 11) is 1.48. The minimum Gasteiger partial charge on any atom is -0.496 e. The number of nitrogens with zero attached hydrogens (tertiary/aromatic N) is 1. The van der Waals surface area contributed by atoms with Gasteiger partial charge in [-0.2, -0.15) is 0 Å². The van der Waals surface area contributed by atoms with E-state index in [0.717, 1.165) is 25.9 Å². The number of hydrogen-bond donors (Lipinski definition) is 0. The van der Waals surface area contributed by atoms with Crippen molar-refractivity contribution in [2.24, 2.45) is 0 Å². The molecule has 1 aromatic rings. The van der Waals surface area contributed by atoms with Crippen molar-refractivity contribution in [1.29, 1.82) is 0 Å². The maximum absolute atomic E-state index is 13.1. The first-order valence-corrected chi connectivity index (χ1v) is 5.35. The third-order valence-electron chi connectivity index (χ3n) is 2.79. The molecule has 86 valence electrons. The zero-order valence-corrected chi connectivity index (χ0v) is 9.20. The largest absolute Gasteiger partial charge is 0.496 e. The van der Waals surface area contributed by atoms with Gasteiger partial charge in [-0.3, -0.25) is 4.79 Å². The summed E-state index contributed by atoms with van der Waals surface area (Å²) < 4.78 is 18.2. The lowest BCUT2D eigenvalue weighted by Gasteiger charge is -2.17. The Kier molecular flexibility index (Phi) is 3.08. The smallest absolute Gasteiger partial charge is 0.257 e. The van der Waals surface area contributed by atoms with E-state index in [9.17, 15) is 9.18 Å². The number of rotatable bonds is 2. The lowest BCUT2D eigenvalue weighted by Crippen LogP contribution is -2.28. The highest BCUT2D eigenvalue weighted by molar-refractivity contribution is 5.97. The molecule has 0 atom stereocenters. The van der Waals surface area contributed by atoms with E-state index >= 15 is 0 Å². The second-order valence-electron chi connectivity index (χ2n) is 3.84. The van der Waals surface area contributed by atoms with Crippen molar-refractivity contribution in [2.45, 2.75) is 12.8 Å². The van der Waals surface area contributed by atoms with Crippen LogP contribution in [0.5, 0.6) is 5.75 Å². The Balaban J connectivity index is 2.30. The second-order valence-corrected chi connectivity index (χ2v) is 3.84. The van der Waals surface area contributed by atoms with Gasteiger partial charge in [0.05, 0.1) is 12.7 Å². The van der Waals surface area contributed by atoms with Crippen LogP contribution in [0.1, 0.15) is 23.2 Å². The highest BCUT2D eigenvalue weighted by atomic mass is 19.1. The number of benzene rings is 1. The molecule has 1 fully saturated rings. The fourth-order valence-electron chi connectivity index (χ4n) is 1.94. The quantitative estimate of drug-likeness (QED) is 0.768. The van der Waals surface area contributed by atoms with E-state index in [4.69, 9.17) is 4.74 Å². The Morgan fingerprint density at radius 3 is 2.69 bits per heavy atom. The van der Waals surface area contributed by atoms with Gasteiger partial charge in [-0.1, -0.05) is 0 Å². The van der Waals surface area contributed by atoms with Gasteiger partial charge in [0, 0.05) is 13.1 Å². The normalized spacial score (nSPS) is 15.2. The van der Waals surface area contributed by atoms with Crippen molar-refractivity contribution < 1.29 is 13.9 Å². The van der Waals surface area contributed by atoms with Gasteiger partial charge in [0.25, 0.3) is 5.91 Å². The lowest BCUT2D eigenvalue weighted by atomic mass is 10.1. The second kappa shape index (κ2) is 4.51. The van der Waals surface area contributed by atoms with Gasteiger partial charge in [-0.05, 0) is 31.0 Å². The average Bonchev–Trinajstić information content (AvgIpc) is 2.81. The van der Waals surface area contributed by atoms with E-state index < -0.39 is 5.82 Å². The number of methoxy groups -OCH3 is 1. The zero-order valence-electron chi connectivity index (χ0n) is 9.20. The predicted octanol–water partition coefficient (Wildman–Crippen LogP) is 2.07. The van der Waals surface area contributed by atoms with Crippen LogP contribution in [0.4, 0.5) is 4.39 Å². The number of carbonyl (C=O) groups is 1. The number of amides is 1. The van der Waals surface area contributed by atoms with Crippen molar-refractivity contribution in [3.05, 3.63) is 29.6 Å². The summed E-state index contributed by atoms with van der Waals surface area (Å²) in [6.07, 6.45) is 2.03. The molecular formula is C12H14FNO2. The summed E-state index contributed by atoms with van der Waals surface area (Å²) in [6.45, 7) is 1.50. The van der Waals surface area contributed by atoms with Crippen LogP contribution in [0.3, 0.4) is 0 Å². The number of carbonyl (C=O) groups excluding carboxylic acids is 1. The van der Waals surface area contributed by atoms with E-state index in [0.29, 0.717) is 11.3 Å². The summed E-state index contributed by atoms with van der Waals surface area (Å²) in [5.41, 5.74) is 0.310. The molecule has 0 N–H and O–H groups in total. The van der Waals surface area contributed by atoms with Gasteiger partial charge in [0.2, 0.25) is 0 Å². The summed E-state index contributed by atoms with van der Waals surface area (Å²) in [5.74, 6) is -0.129. The van der Waals surface area contributed by atoms with E-state index in [1.807, 2.05) is 0 Å². The van der Waals surface area contributed by atoms with E-state index in [1.165, 1.54) is 25.3 Å². The van der Waals surface area contributed by atoms with Crippen LogP contribution in [-0.2, 0) is 0 Å². The molecule has 0 aliphatic carbocycles. The molecule has 1 saturated heterocycles. The van der Waals surface area contributed by atoms with Gasteiger partial charge in [-0.15, -0.1) is 0 Å². The fourth-order valence-corrected chi connectivity index (χ4v) is 1.94. The Morgan fingerprint density at radius 2 is 2.06 bits per heavy atom. The summed E-state index contributed by atoms with van der Waals surface area (Å²) in [5, 5.41) is 0. The minimum absolute atomic E-state index is 0.145. The van der Waals surface area contributed by atoms with Gasteiger partial charge in [0.1, 0.15) is 11.6 Å². The van der Waals surface area contributed by atoms with Crippen LogP contribution in [-0.4, -0.2) is 31.0 Å². The summed E-state index contributed by atoms with van der Waals surface area (Å²) in [4.78, 5) is 13.8. The Hall–Kier alpha value is -1.58. The van der Waals surface area contributed by atoms with Gasteiger partial charge in [-0.25, -0.2) is 4.39 Å². The highest BCUT2D eigenvalue weighted by Crippen LogP contribution is 2.22. The zero-order chi connectivity index (χ0) is 11.5. The van der Waals surface area contributed by atoms with E-state index in [-0.39, 0.29) is 5.91 Å². The van der Waals surface area contributed by atoms with Crippen LogP contribution < -0.4 is 4.74 Å². The molecule has 0 unspecified atom stereocenters. The molecule has 0 spiro atoms. The number of hydrogen-bond acceptors (Lipinski definition) is 2. The molecule has 0 bridgehead atoms. The third kappa shape index (κ3) is 2.01. The summed E-state index contributed by atoms with van der Waals surface area (Å²) in [6, 6.07) is 4.01. The molecule has 1 aliphatic heterocycles. The lowest BCUT2D eigenvalue weighted by molar-refractivity contribution is 0.0789. The fraction of sp³-hybridized carbons (Fsp3) is 0.417. The first-order chi connectivity index (χ1) is 7.72. The van der Waals surface area contributed by atoms with Gasteiger partial charge < -0.3 is 9.64 Å². The molecule has 0 saturated carbocycles. The van der Waals surface area contributed by atoms with Crippen LogP contribution >= 0.6 is 0 Å². The molecule has 0 aromatic heterocycles. The van der Waals surface area contributed by atoms with Crippen LogP contribution in [0.25, 0.3) is 0 Å².